The molecule has 4 rings (SSSR count). The van der Waals surface area contributed by atoms with Crippen molar-refractivity contribution < 1.29 is 23.8 Å². The molecule has 3 aromatic rings. The zero-order chi connectivity index (χ0) is 24.1. The summed E-state index contributed by atoms with van der Waals surface area (Å²) in [4.78, 5) is 33.4. The first-order valence-corrected chi connectivity index (χ1v) is 10.6. The Kier molecular flexibility index (Phi) is 6.68. The van der Waals surface area contributed by atoms with Gasteiger partial charge in [-0.2, -0.15) is 0 Å². The molecule has 1 aliphatic rings. The van der Waals surface area contributed by atoms with Crippen LogP contribution >= 0.6 is 0 Å². The minimum Gasteiger partial charge on any atom is -0.465 e. The number of benzene rings is 1. The molecule has 1 aliphatic heterocycles. The number of carbonyl (C=O) groups excluding carboxylic acids is 2. The summed E-state index contributed by atoms with van der Waals surface area (Å²) in [5, 5.41) is 2.71. The van der Waals surface area contributed by atoms with Crippen LogP contribution in [-0.4, -0.2) is 47.5 Å². The summed E-state index contributed by atoms with van der Waals surface area (Å²) in [6, 6.07) is 14.2. The van der Waals surface area contributed by atoms with Gasteiger partial charge in [0.1, 0.15) is 5.82 Å². The Labute approximate surface area is 197 Å². The third-order valence-electron chi connectivity index (χ3n) is 4.99. The van der Waals surface area contributed by atoms with E-state index in [1.807, 2.05) is 36.4 Å². The quantitative estimate of drug-likeness (QED) is 0.473. The lowest BCUT2D eigenvalue weighted by Crippen LogP contribution is -2.32. The fourth-order valence-corrected chi connectivity index (χ4v) is 3.31. The lowest BCUT2D eigenvalue weighted by molar-refractivity contribution is -0.150. The van der Waals surface area contributed by atoms with E-state index in [0.29, 0.717) is 5.69 Å². The number of pyridine rings is 2. The molecule has 0 unspecified atom stereocenters. The van der Waals surface area contributed by atoms with Crippen molar-refractivity contribution in [2.45, 2.75) is 25.7 Å². The fourth-order valence-electron chi connectivity index (χ4n) is 3.31. The molecular formula is C26H23N3O5. The van der Waals surface area contributed by atoms with Crippen molar-refractivity contribution in [2.75, 3.05) is 19.0 Å². The Hall–Kier alpha value is -4.06. The van der Waals surface area contributed by atoms with Gasteiger partial charge in [-0.15, -0.1) is 0 Å². The molecule has 0 spiro atoms. The lowest BCUT2D eigenvalue weighted by atomic mass is 10.1. The van der Waals surface area contributed by atoms with Crippen molar-refractivity contribution in [3.63, 3.8) is 0 Å². The highest BCUT2D eigenvalue weighted by molar-refractivity contribution is 5.96. The molecule has 0 aliphatic carbocycles. The Balaban J connectivity index is 1.58. The second-order valence-electron chi connectivity index (χ2n) is 7.99. The van der Waals surface area contributed by atoms with E-state index in [9.17, 15) is 9.59 Å². The van der Waals surface area contributed by atoms with Crippen LogP contribution in [0.25, 0.3) is 11.3 Å². The molecule has 1 amide bonds. The SMILES string of the molecule is COC(=O)c1cc(NC(=O)[C@@H]2COC(C)(C)O2)nc(-c2ccc(C#Cc3cccnc3)cc2)c1. The van der Waals surface area contributed by atoms with E-state index in [2.05, 4.69) is 27.1 Å². The van der Waals surface area contributed by atoms with E-state index in [-0.39, 0.29) is 18.0 Å². The molecule has 0 bridgehead atoms. The predicted octanol–water partition coefficient (Wildman–Crippen LogP) is 3.42. The molecule has 1 atom stereocenters. The molecule has 1 N–H and O–H groups in total. The van der Waals surface area contributed by atoms with Crippen molar-refractivity contribution in [1.82, 2.24) is 9.97 Å². The molecule has 2 aromatic heterocycles. The number of nitrogens with zero attached hydrogens (tertiary/aromatic N) is 2. The van der Waals surface area contributed by atoms with Crippen LogP contribution in [0.3, 0.4) is 0 Å². The number of esters is 1. The lowest BCUT2D eigenvalue weighted by Gasteiger charge is -2.17. The van der Waals surface area contributed by atoms with Gasteiger partial charge >= 0.3 is 5.97 Å². The Morgan fingerprint density at radius 1 is 1.12 bits per heavy atom. The first-order chi connectivity index (χ1) is 16.3. The number of hydrogen-bond donors (Lipinski definition) is 1. The van der Waals surface area contributed by atoms with Gasteiger partial charge in [0.2, 0.25) is 0 Å². The molecule has 1 saturated heterocycles. The standard InChI is InChI=1S/C26H23N3O5/c1-26(2)33-16-22(34-26)24(30)29-23-14-20(25(31)32-3)13-21(28-23)19-10-8-17(9-11-19)6-7-18-5-4-12-27-15-18/h4-5,8-15,22H,16H2,1-3H3,(H,28,29,30)/t22-/m0/s1. The molecule has 34 heavy (non-hydrogen) atoms. The number of nitrogens with one attached hydrogen (secondary N) is 1. The number of rotatable bonds is 4. The Bertz CT molecular complexity index is 1260. The topological polar surface area (TPSA) is 99.6 Å². The summed E-state index contributed by atoms with van der Waals surface area (Å²) in [7, 11) is 1.29. The summed E-state index contributed by atoms with van der Waals surface area (Å²) >= 11 is 0. The molecule has 3 heterocycles. The second-order valence-corrected chi connectivity index (χ2v) is 7.99. The Morgan fingerprint density at radius 3 is 2.53 bits per heavy atom. The maximum Gasteiger partial charge on any atom is 0.338 e. The second kappa shape index (κ2) is 9.83. The highest BCUT2D eigenvalue weighted by atomic mass is 16.7. The van der Waals surface area contributed by atoms with E-state index in [1.165, 1.54) is 13.2 Å². The summed E-state index contributed by atoms with van der Waals surface area (Å²) in [5.74, 6) is 4.56. The smallest absolute Gasteiger partial charge is 0.338 e. The van der Waals surface area contributed by atoms with Gasteiger partial charge in [0.25, 0.3) is 5.91 Å². The molecule has 1 fully saturated rings. The minimum absolute atomic E-state index is 0.129. The van der Waals surface area contributed by atoms with Crippen LogP contribution in [0.5, 0.6) is 0 Å². The number of carbonyl (C=O) groups is 2. The van der Waals surface area contributed by atoms with Gasteiger partial charge in [-0.3, -0.25) is 9.78 Å². The summed E-state index contributed by atoms with van der Waals surface area (Å²) < 4.78 is 15.9. The van der Waals surface area contributed by atoms with E-state index in [0.717, 1.165) is 16.7 Å². The largest absolute Gasteiger partial charge is 0.465 e. The highest BCUT2D eigenvalue weighted by Crippen LogP contribution is 2.25. The van der Waals surface area contributed by atoms with Crippen molar-refractivity contribution in [3.8, 4) is 23.1 Å². The van der Waals surface area contributed by atoms with Crippen molar-refractivity contribution in [1.29, 1.82) is 0 Å². The number of anilines is 1. The Morgan fingerprint density at radius 2 is 1.88 bits per heavy atom. The van der Waals surface area contributed by atoms with Gasteiger partial charge in [-0.1, -0.05) is 24.0 Å². The van der Waals surface area contributed by atoms with Crippen molar-refractivity contribution in [3.05, 3.63) is 77.6 Å². The van der Waals surface area contributed by atoms with Gasteiger partial charge < -0.3 is 19.5 Å². The van der Waals surface area contributed by atoms with Crippen molar-refractivity contribution in [2.24, 2.45) is 0 Å². The monoisotopic (exact) mass is 457 g/mol. The van der Waals surface area contributed by atoms with Gasteiger partial charge in [-0.05, 0) is 50.2 Å². The number of ether oxygens (including phenoxy) is 3. The van der Waals surface area contributed by atoms with Crippen LogP contribution in [0.2, 0.25) is 0 Å². The average Bonchev–Trinajstić information content (AvgIpc) is 3.22. The third kappa shape index (κ3) is 5.64. The van der Waals surface area contributed by atoms with Crippen LogP contribution in [0.15, 0.2) is 60.9 Å². The van der Waals surface area contributed by atoms with Crippen LogP contribution in [0.4, 0.5) is 5.82 Å². The molecule has 0 saturated carbocycles. The molecule has 8 heteroatoms. The van der Waals surface area contributed by atoms with Gasteiger partial charge in [0.05, 0.1) is 25.0 Å². The van der Waals surface area contributed by atoms with Crippen LogP contribution < -0.4 is 5.32 Å². The molecule has 0 radical (unpaired) electrons. The van der Waals surface area contributed by atoms with E-state index < -0.39 is 23.8 Å². The fraction of sp³-hybridized carbons (Fsp3) is 0.231. The van der Waals surface area contributed by atoms with Gasteiger partial charge in [0, 0.05) is 29.1 Å². The van der Waals surface area contributed by atoms with Crippen LogP contribution in [-0.2, 0) is 19.0 Å². The number of amides is 1. The van der Waals surface area contributed by atoms with Gasteiger partial charge in [-0.25, -0.2) is 9.78 Å². The van der Waals surface area contributed by atoms with Crippen LogP contribution in [0.1, 0.15) is 35.3 Å². The van der Waals surface area contributed by atoms with E-state index in [1.54, 1.807) is 32.3 Å². The predicted molar refractivity (Wildman–Crippen MR) is 125 cm³/mol. The zero-order valence-electron chi connectivity index (χ0n) is 19.0. The molecular weight excluding hydrogens is 434 g/mol. The maximum absolute atomic E-state index is 12.6. The first kappa shape index (κ1) is 23.1. The molecule has 8 nitrogen and oxygen atoms in total. The molecule has 1 aromatic carbocycles. The number of hydrogen-bond acceptors (Lipinski definition) is 7. The van der Waals surface area contributed by atoms with E-state index >= 15 is 0 Å². The highest BCUT2D eigenvalue weighted by Gasteiger charge is 2.37. The van der Waals surface area contributed by atoms with Gasteiger partial charge in [0.15, 0.2) is 11.9 Å². The maximum atomic E-state index is 12.6. The minimum atomic E-state index is -0.837. The normalized spacial score (nSPS) is 16.3. The average molecular weight is 457 g/mol. The third-order valence-corrected chi connectivity index (χ3v) is 4.99. The van der Waals surface area contributed by atoms with E-state index in [4.69, 9.17) is 14.2 Å². The first-order valence-electron chi connectivity index (χ1n) is 10.6. The summed E-state index contributed by atoms with van der Waals surface area (Å²) in [6.07, 6.45) is 2.62. The number of aromatic nitrogens is 2. The van der Waals surface area contributed by atoms with Crippen LogP contribution in [0, 0.1) is 11.8 Å². The summed E-state index contributed by atoms with van der Waals surface area (Å²) in [5.41, 5.74) is 3.13. The zero-order valence-corrected chi connectivity index (χ0v) is 19.0. The van der Waals surface area contributed by atoms with Crippen molar-refractivity contribution >= 4 is 17.7 Å². The molecule has 172 valence electrons. The number of methoxy groups -OCH3 is 1. The summed E-state index contributed by atoms with van der Waals surface area (Å²) in [6.45, 7) is 3.60.